The molecule has 0 amide bonds. The molecular formula is C44H40N2. The maximum Gasteiger partial charge on any atom is 0.0541 e. The largest absolute Gasteiger partial charge is 0.309 e. The molecule has 2 heterocycles. The molecule has 0 atom stereocenters. The first-order chi connectivity index (χ1) is 22.1. The quantitative estimate of drug-likeness (QED) is 0.192. The van der Waals surface area contributed by atoms with Crippen LogP contribution in [0.25, 0.3) is 66.1 Å². The minimum absolute atomic E-state index is 0.103. The van der Waals surface area contributed by atoms with Gasteiger partial charge in [-0.2, -0.15) is 0 Å². The molecule has 8 rings (SSSR count). The first-order valence-electron chi connectivity index (χ1n) is 16.4. The molecule has 0 saturated heterocycles. The van der Waals surface area contributed by atoms with Crippen LogP contribution in [0.5, 0.6) is 0 Å². The maximum atomic E-state index is 2.40. The normalized spacial score (nSPS) is 12.6. The van der Waals surface area contributed by atoms with E-state index in [1.807, 2.05) is 0 Å². The maximum absolute atomic E-state index is 2.40. The lowest BCUT2D eigenvalue weighted by Gasteiger charge is -2.19. The van der Waals surface area contributed by atoms with Crippen molar-refractivity contribution >= 4 is 43.6 Å². The SMILES string of the molecule is CC(C)(C)c1ccc2c(c1)c1ccccc1n2-c1ccc(-c2ccc(-n3c4ccccc4c4cc(C(C)(C)C)ccc43)cc2)cc1. The zero-order chi connectivity index (χ0) is 31.8. The van der Waals surface area contributed by atoms with Crippen LogP contribution >= 0.6 is 0 Å². The summed E-state index contributed by atoms with van der Waals surface area (Å²) in [6.07, 6.45) is 0. The molecule has 0 saturated carbocycles. The van der Waals surface area contributed by atoms with Crippen molar-refractivity contribution in [1.29, 1.82) is 0 Å². The summed E-state index contributed by atoms with van der Waals surface area (Å²) < 4.78 is 4.80. The summed E-state index contributed by atoms with van der Waals surface area (Å²) in [5.41, 5.74) is 12.7. The molecule has 0 radical (unpaired) electrons. The Morgan fingerprint density at radius 2 is 0.696 bits per heavy atom. The van der Waals surface area contributed by atoms with Crippen LogP contribution in [0, 0.1) is 0 Å². The number of benzene rings is 6. The topological polar surface area (TPSA) is 9.86 Å². The van der Waals surface area contributed by atoms with Crippen molar-refractivity contribution in [3.8, 4) is 22.5 Å². The lowest BCUT2D eigenvalue weighted by Crippen LogP contribution is -2.10. The van der Waals surface area contributed by atoms with Crippen LogP contribution < -0.4 is 0 Å². The summed E-state index contributed by atoms with van der Waals surface area (Å²) >= 11 is 0. The molecule has 0 bridgehead atoms. The molecule has 0 aliphatic heterocycles. The number of aromatic nitrogens is 2. The third kappa shape index (κ3) is 4.55. The summed E-state index contributed by atoms with van der Waals surface area (Å²) in [5, 5.41) is 5.20. The smallest absolute Gasteiger partial charge is 0.0541 e. The number of para-hydroxylation sites is 2. The van der Waals surface area contributed by atoms with Gasteiger partial charge in [0.15, 0.2) is 0 Å². The zero-order valence-electron chi connectivity index (χ0n) is 27.6. The highest BCUT2D eigenvalue weighted by atomic mass is 15.0. The second kappa shape index (κ2) is 10.2. The fourth-order valence-electron chi connectivity index (χ4n) is 7.04. The second-order valence-corrected chi connectivity index (χ2v) is 14.8. The fraction of sp³-hybridized carbons (Fsp3) is 0.182. The third-order valence-electron chi connectivity index (χ3n) is 9.66. The highest BCUT2D eigenvalue weighted by Crippen LogP contribution is 2.37. The highest BCUT2D eigenvalue weighted by Gasteiger charge is 2.19. The van der Waals surface area contributed by atoms with Crippen LogP contribution in [-0.4, -0.2) is 9.13 Å². The van der Waals surface area contributed by atoms with Crippen LogP contribution in [0.15, 0.2) is 133 Å². The summed E-state index contributed by atoms with van der Waals surface area (Å²) in [7, 11) is 0. The number of hydrogen-bond donors (Lipinski definition) is 0. The molecule has 0 fully saturated rings. The van der Waals surface area contributed by atoms with Gasteiger partial charge < -0.3 is 9.13 Å². The van der Waals surface area contributed by atoms with E-state index in [1.54, 1.807) is 0 Å². The van der Waals surface area contributed by atoms with E-state index in [-0.39, 0.29) is 10.8 Å². The van der Waals surface area contributed by atoms with Crippen LogP contribution in [0.2, 0.25) is 0 Å². The second-order valence-electron chi connectivity index (χ2n) is 14.8. The molecule has 2 aromatic heterocycles. The van der Waals surface area contributed by atoms with Crippen LogP contribution in [0.1, 0.15) is 52.7 Å². The summed E-state index contributed by atoms with van der Waals surface area (Å²) in [4.78, 5) is 0. The van der Waals surface area contributed by atoms with Gasteiger partial charge in [0.05, 0.1) is 22.1 Å². The monoisotopic (exact) mass is 596 g/mol. The van der Waals surface area contributed by atoms with E-state index in [2.05, 4.69) is 184 Å². The molecule has 226 valence electrons. The number of hydrogen-bond acceptors (Lipinski definition) is 0. The summed E-state index contributed by atoms with van der Waals surface area (Å²) in [5.74, 6) is 0. The van der Waals surface area contributed by atoms with Gasteiger partial charge in [0, 0.05) is 32.9 Å². The molecule has 0 spiro atoms. The van der Waals surface area contributed by atoms with Gasteiger partial charge in [0.1, 0.15) is 0 Å². The van der Waals surface area contributed by atoms with Crippen LogP contribution in [-0.2, 0) is 10.8 Å². The van der Waals surface area contributed by atoms with Crippen molar-refractivity contribution in [2.75, 3.05) is 0 Å². The first-order valence-corrected chi connectivity index (χ1v) is 16.4. The zero-order valence-corrected chi connectivity index (χ0v) is 27.6. The molecule has 0 aliphatic carbocycles. The van der Waals surface area contributed by atoms with E-state index in [4.69, 9.17) is 0 Å². The van der Waals surface area contributed by atoms with Gasteiger partial charge in [-0.25, -0.2) is 0 Å². The van der Waals surface area contributed by atoms with E-state index in [9.17, 15) is 0 Å². The Morgan fingerprint density at radius 3 is 1.07 bits per heavy atom. The third-order valence-corrected chi connectivity index (χ3v) is 9.66. The Kier molecular flexibility index (Phi) is 6.31. The van der Waals surface area contributed by atoms with E-state index in [0.29, 0.717) is 0 Å². The Bertz CT molecular complexity index is 2230. The fourth-order valence-corrected chi connectivity index (χ4v) is 7.04. The van der Waals surface area contributed by atoms with E-state index < -0.39 is 0 Å². The molecule has 0 aliphatic rings. The van der Waals surface area contributed by atoms with Crippen molar-refractivity contribution in [3.05, 3.63) is 145 Å². The standard InChI is InChI=1S/C44H40N2/c1-43(2,3)31-19-25-41-37(27-31)35-11-7-9-13-39(35)45(41)33-21-15-29(16-22-33)30-17-23-34(24-18-30)46-40-14-10-8-12-36(40)38-28-32(44(4,5)6)20-26-42(38)46/h7-28H,1-6H3. The van der Waals surface area contributed by atoms with E-state index in [1.165, 1.54) is 77.2 Å². The van der Waals surface area contributed by atoms with Crippen molar-refractivity contribution in [2.24, 2.45) is 0 Å². The van der Waals surface area contributed by atoms with Gasteiger partial charge >= 0.3 is 0 Å². The van der Waals surface area contributed by atoms with E-state index in [0.717, 1.165) is 0 Å². The minimum atomic E-state index is 0.103. The van der Waals surface area contributed by atoms with Crippen LogP contribution in [0.4, 0.5) is 0 Å². The molecule has 2 heteroatoms. The Labute approximate surface area is 271 Å². The molecule has 0 unspecified atom stereocenters. The van der Waals surface area contributed by atoms with Crippen molar-refractivity contribution in [2.45, 2.75) is 52.4 Å². The molecule has 2 nitrogen and oxygen atoms in total. The van der Waals surface area contributed by atoms with Gasteiger partial charge in [0.25, 0.3) is 0 Å². The van der Waals surface area contributed by atoms with Gasteiger partial charge in [-0.15, -0.1) is 0 Å². The van der Waals surface area contributed by atoms with Crippen molar-refractivity contribution < 1.29 is 0 Å². The molecule has 46 heavy (non-hydrogen) atoms. The molecule has 6 aromatic carbocycles. The lowest BCUT2D eigenvalue weighted by atomic mass is 9.86. The lowest BCUT2D eigenvalue weighted by molar-refractivity contribution is 0.591. The van der Waals surface area contributed by atoms with E-state index >= 15 is 0 Å². The number of nitrogens with zero attached hydrogens (tertiary/aromatic N) is 2. The van der Waals surface area contributed by atoms with Crippen molar-refractivity contribution in [1.82, 2.24) is 9.13 Å². The van der Waals surface area contributed by atoms with Crippen molar-refractivity contribution in [3.63, 3.8) is 0 Å². The van der Waals surface area contributed by atoms with Gasteiger partial charge in [-0.1, -0.05) is 114 Å². The number of fused-ring (bicyclic) bond motifs is 6. The predicted molar refractivity (Wildman–Crippen MR) is 198 cm³/mol. The highest BCUT2D eigenvalue weighted by molar-refractivity contribution is 6.10. The number of rotatable bonds is 3. The average Bonchev–Trinajstić information content (AvgIpc) is 3.56. The molecule has 0 N–H and O–H groups in total. The molecular weight excluding hydrogens is 556 g/mol. The Hall–Kier alpha value is -5.08. The Morgan fingerprint density at radius 1 is 0.348 bits per heavy atom. The van der Waals surface area contributed by atoms with Crippen LogP contribution in [0.3, 0.4) is 0 Å². The molecule has 8 aromatic rings. The van der Waals surface area contributed by atoms with Gasteiger partial charge in [0.2, 0.25) is 0 Å². The first kappa shape index (κ1) is 28.4. The van der Waals surface area contributed by atoms with Gasteiger partial charge in [-0.3, -0.25) is 0 Å². The average molecular weight is 597 g/mol. The summed E-state index contributed by atoms with van der Waals surface area (Å²) in [6, 6.07) is 49.5. The minimum Gasteiger partial charge on any atom is -0.309 e. The summed E-state index contributed by atoms with van der Waals surface area (Å²) in [6.45, 7) is 13.7. The van der Waals surface area contributed by atoms with Gasteiger partial charge in [-0.05, 0) is 93.7 Å². The Balaban J connectivity index is 1.17. The predicted octanol–water partition coefficient (Wildman–Crippen LogP) is 12.1.